The number of hydrogen-bond acceptors (Lipinski definition) is 4. The van der Waals surface area contributed by atoms with Gasteiger partial charge in [-0.1, -0.05) is 79.7 Å². The van der Waals surface area contributed by atoms with E-state index in [0.717, 1.165) is 68.3 Å². The van der Waals surface area contributed by atoms with Crippen molar-refractivity contribution in [1.82, 2.24) is 14.9 Å². The number of para-hydroxylation sites is 1. The zero-order valence-electron chi connectivity index (χ0n) is 26.3. The maximum atomic E-state index is 13.7. The van der Waals surface area contributed by atoms with Crippen LogP contribution in [0.5, 0.6) is 0 Å². The van der Waals surface area contributed by atoms with Crippen LogP contribution in [0.3, 0.4) is 0 Å². The van der Waals surface area contributed by atoms with Crippen molar-refractivity contribution in [3.63, 3.8) is 0 Å². The van der Waals surface area contributed by atoms with Crippen molar-refractivity contribution >= 4 is 33.8 Å². The third kappa shape index (κ3) is 6.09. The van der Waals surface area contributed by atoms with Gasteiger partial charge in [-0.25, -0.2) is 4.98 Å². The molecule has 1 fully saturated rings. The van der Waals surface area contributed by atoms with Gasteiger partial charge in [0.25, 0.3) is 0 Å². The third-order valence-electron chi connectivity index (χ3n) is 9.45. The number of benzene rings is 3. The number of aromatic nitrogens is 2. The summed E-state index contributed by atoms with van der Waals surface area (Å²) in [6, 6.07) is 26.7. The van der Waals surface area contributed by atoms with Gasteiger partial charge in [-0.2, -0.15) is 0 Å². The molecule has 3 heterocycles. The second-order valence-corrected chi connectivity index (χ2v) is 12.2. The quantitative estimate of drug-likeness (QED) is 0.175. The number of carboxylic acid groups (broad SMARTS) is 1. The van der Waals surface area contributed by atoms with Crippen LogP contribution in [0.15, 0.2) is 78.9 Å². The van der Waals surface area contributed by atoms with Crippen LogP contribution in [0, 0.1) is 19.8 Å². The molecule has 1 aliphatic heterocycles. The summed E-state index contributed by atoms with van der Waals surface area (Å²) in [5.41, 5.74) is 7.69. The molecule has 3 aromatic carbocycles. The van der Waals surface area contributed by atoms with Gasteiger partial charge < -0.3 is 19.7 Å². The number of nitrogens with one attached hydrogen (secondary N) is 1. The number of ether oxygens (including phenoxy) is 1. The molecule has 0 bridgehead atoms. The topological polar surface area (TPSA) is 93.5 Å². The number of carboxylic acids is 1. The Morgan fingerprint density at radius 2 is 1.64 bits per heavy atom. The van der Waals surface area contributed by atoms with Crippen molar-refractivity contribution in [2.75, 3.05) is 13.2 Å². The highest BCUT2D eigenvalue weighted by Gasteiger charge is 2.31. The van der Waals surface area contributed by atoms with E-state index in [1.807, 2.05) is 63.2 Å². The summed E-state index contributed by atoms with van der Waals surface area (Å²) in [5, 5.41) is 15.2. The molecule has 232 valence electrons. The average molecular weight is 604 g/mol. The number of amides is 1. The highest BCUT2D eigenvalue weighted by atomic mass is 16.5. The summed E-state index contributed by atoms with van der Waals surface area (Å²) < 4.78 is 7.86. The highest BCUT2D eigenvalue weighted by molar-refractivity contribution is 6.09. The van der Waals surface area contributed by atoms with Crippen LogP contribution in [0.25, 0.3) is 21.9 Å². The molecule has 0 aliphatic carbocycles. The van der Waals surface area contributed by atoms with Gasteiger partial charge in [-0.3, -0.25) is 9.59 Å². The van der Waals surface area contributed by atoms with Gasteiger partial charge in [-0.05, 0) is 72.9 Å². The van der Waals surface area contributed by atoms with Crippen LogP contribution in [0.1, 0.15) is 71.5 Å². The van der Waals surface area contributed by atoms with Gasteiger partial charge in [0.2, 0.25) is 5.91 Å². The molecule has 2 N–H and O–H groups in total. The number of aliphatic carboxylic acids is 1. The molecule has 2 aromatic heterocycles. The summed E-state index contributed by atoms with van der Waals surface area (Å²) in [5.74, 6) is -1.38. The van der Waals surface area contributed by atoms with E-state index in [0.29, 0.717) is 32.7 Å². The first kappa shape index (κ1) is 30.5. The molecule has 0 spiro atoms. The van der Waals surface area contributed by atoms with E-state index in [9.17, 15) is 14.7 Å². The Balaban J connectivity index is 1.33. The van der Waals surface area contributed by atoms with E-state index in [2.05, 4.69) is 46.3 Å². The number of rotatable bonds is 10. The van der Waals surface area contributed by atoms with E-state index >= 15 is 0 Å². The van der Waals surface area contributed by atoms with Crippen molar-refractivity contribution in [2.24, 2.45) is 5.92 Å². The normalized spacial score (nSPS) is 15.3. The molecule has 1 saturated heterocycles. The number of carbonyl (C=O) groups excluding carboxylic acids is 1. The first-order valence-electron chi connectivity index (χ1n) is 16.0. The van der Waals surface area contributed by atoms with Gasteiger partial charge in [0.1, 0.15) is 5.65 Å². The van der Waals surface area contributed by atoms with Crippen LogP contribution in [-0.4, -0.2) is 39.7 Å². The number of carbonyl (C=O) groups is 2. The fourth-order valence-corrected chi connectivity index (χ4v) is 7.17. The Bertz CT molecular complexity index is 1820. The number of aryl methyl sites for hydroxylation is 2. The Hall–Kier alpha value is -4.49. The third-order valence-corrected chi connectivity index (χ3v) is 9.45. The van der Waals surface area contributed by atoms with Crippen LogP contribution in [-0.2, 0) is 27.4 Å². The smallest absolute Gasteiger partial charge is 0.311 e. The predicted molar refractivity (Wildman–Crippen MR) is 177 cm³/mol. The van der Waals surface area contributed by atoms with Gasteiger partial charge >= 0.3 is 5.97 Å². The van der Waals surface area contributed by atoms with Crippen molar-refractivity contribution < 1.29 is 19.4 Å². The van der Waals surface area contributed by atoms with Crippen LogP contribution in [0.2, 0.25) is 0 Å². The standard InChI is InChI=1S/C38H41N3O4/c1-4-30(38(43)44)33-24(2)34-31-12-8-9-13-32(31)41(36(34)40-25(33)3)23-27-14-16-28(17-15-27)35(29-18-20-45-21-19-29)37(42)39-22-26-10-6-5-7-11-26/h5-17,29-30,35H,4,18-23H2,1-3H3,(H,39,42)(H,43,44). The lowest BCUT2D eigenvalue weighted by atomic mass is 9.80. The van der Waals surface area contributed by atoms with Gasteiger partial charge in [0.05, 0.1) is 17.4 Å². The predicted octanol–water partition coefficient (Wildman–Crippen LogP) is 7.26. The van der Waals surface area contributed by atoms with Crippen molar-refractivity contribution in [3.05, 3.63) is 112 Å². The number of nitrogens with zero attached hydrogens (tertiary/aromatic N) is 2. The lowest BCUT2D eigenvalue weighted by Gasteiger charge is -2.30. The summed E-state index contributed by atoms with van der Waals surface area (Å²) in [6.07, 6.45) is 2.23. The highest BCUT2D eigenvalue weighted by Crippen LogP contribution is 2.37. The Labute approximate surface area is 264 Å². The Morgan fingerprint density at radius 1 is 0.956 bits per heavy atom. The fraction of sp³-hybridized carbons (Fsp3) is 0.342. The molecule has 5 aromatic rings. The molecule has 6 rings (SSSR count). The monoisotopic (exact) mass is 603 g/mol. The van der Waals surface area contributed by atoms with Crippen LogP contribution >= 0.6 is 0 Å². The molecule has 45 heavy (non-hydrogen) atoms. The molecule has 7 nitrogen and oxygen atoms in total. The van der Waals surface area contributed by atoms with Crippen molar-refractivity contribution in [1.29, 1.82) is 0 Å². The molecule has 2 unspecified atom stereocenters. The number of fused-ring (bicyclic) bond motifs is 3. The van der Waals surface area contributed by atoms with Crippen molar-refractivity contribution in [3.8, 4) is 0 Å². The van der Waals surface area contributed by atoms with E-state index in [4.69, 9.17) is 9.72 Å². The molecule has 7 heteroatoms. The fourth-order valence-electron chi connectivity index (χ4n) is 7.17. The van der Waals surface area contributed by atoms with Gasteiger partial charge in [0.15, 0.2) is 0 Å². The van der Waals surface area contributed by atoms with Crippen LogP contribution in [0.4, 0.5) is 0 Å². The van der Waals surface area contributed by atoms with Gasteiger partial charge in [-0.15, -0.1) is 0 Å². The first-order chi connectivity index (χ1) is 21.9. The van der Waals surface area contributed by atoms with E-state index in [1.165, 1.54) is 0 Å². The molecule has 0 radical (unpaired) electrons. The van der Waals surface area contributed by atoms with Gasteiger partial charge in [0, 0.05) is 42.8 Å². The van der Waals surface area contributed by atoms with Crippen molar-refractivity contribution in [2.45, 2.75) is 65.0 Å². The molecular weight excluding hydrogens is 562 g/mol. The SMILES string of the molecule is CCC(C(=O)O)c1c(C)nc2c(c1C)c1ccccc1n2Cc1ccc(C(C(=O)NCc2ccccc2)C2CCOCC2)cc1. The maximum Gasteiger partial charge on any atom is 0.311 e. The lowest BCUT2D eigenvalue weighted by molar-refractivity contribution is -0.139. The lowest BCUT2D eigenvalue weighted by Crippen LogP contribution is -2.35. The second-order valence-electron chi connectivity index (χ2n) is 12.2. The number of pyridine rings is 1. The van der Waals surface area contributed by atoms with E-state index in [-0.39, 0.29) is 17.7 Å². The minimum absolute atomic E-state index is 0.0543. The molecule has 0 saturated carbocycles. The molecular formula is C38H41N3O4. The Morgan fingerprint density at radius 3 is 2.33 bits per heavy atom. The first-order valence-corrected chi connectivity index (χ1v) is 16.0. The maximum absolute atomic E-state index is 13.7. The molecule has 2 atom stereocenters. The largest absolute Gasteiger partial charge is 0.481 e. The van der Waals surface area contributed by atoms with Crippen LogP contribution < -0.4 is 5.32 Å². The zero-order chi connectivity index (χ0) is 31.5. The Kier molecular flexibility index (Phi) is 8.99. The van der Waals surface area contributed by atoms with E-state index < -0.39 is 11.9 Å². The molecule has 1 amide bonds. The summed E-state index contributed by atoms with van der Waals surface area (Å²) in [7, 11) is 0. The number of hydrogen-bond donors (Lipinski definition) is 2. The second kappa shape index (κ2) is 13.2. The average Bonchev–Trinajstić information content (AvgIpc) is 3.36. The minimum Gasteiger partial charge on any atom is -0.481 e. The zero-order valence-corrected chi connectivity index (χ0v) is 26.3. The summed E-state index contributed by atoms with van der Waals surface area (Å²) >= 11 is 0. The minimum atomic E-state index is -0.818. The summed E-state index contributed by atoms with van der Waals surface area (Å²) in [4.78, 5) is 30.8. The van der Waals surface area contributed by atoms with E-state index in [1.54, 1.807) is 0 Å². The molecule has 1 aliphatic rings. The summed E-state index contributed by atoms with van der Waals surface area (Å²) in [6.45, 7) is 8.33.